The highest BCUT2D eigenvalue weighted by Crippen LogP contribution is 2.44. The fraction of sp³-hybridized carbons (Fsp3) is 0.533. The summed E-state index contributed by atoms with van der Waals surface area (Å²) in [7, 11) is 7.93. The number of amides is 4. The highest BCUT2D eigenvalue weighted by molar-refractivity contribution is 7.81. The average molecular weight is 1280 g/mol. The Morgan fingerprint density at radius 1 is 0.667 bits per heavy atom. The topological polar surface area (TPSA) is 278 Å². The van der Waals surface area contributed by atoms with E-state index in [1.165, 1.54) is 8.61 Å². The summed E-state index contributed by atoms with van der Waals surface area (Å²) >= 11 is 8.27. The van der Waals surface area contributed by atoms with Crippen LogP contribution in [0.15, 0.2) is 60.7 Å². The van der Waals surface area contributed by atoms with E-state index in [0.717, 1.165) is 44.9 Å². The van der Waals surface area contributed by atoms with Crippen LogP contribution in [0.1, 0.15) is 82.4 Å². The first kappa shape index (κ1) is 67.1. The highest BCUT2D eigenvalue weighted by Gasteiger charge is 2.40. The molecule has 2 fully saturated rings. The van der Waals surface area contributed by atoms with Gasteiger partial charge in [0, 0.05) is 68.9 Å². The summed E-state index contributed by atoms with van der Waals surface area (Å²) in [6, 6.07) is 21.4. The predicted molar refractivity (Wildman–Crippen MR) is 337 cm³/mol. The van der Waals surface area contributed by atoms with Crippen molar-refractivity contribution in [2.45, 2.75) is 88.7 Å². The zero-order chi connectivity index (χ0) is 62.5. The Balaban J connectivity index is 0.645. The van der Waals surface area contributed by atoms with Gasteiger partial charge in [0.15, 0.2) is 0 Å². The molecule has 4 amide bonds. The molecule has 2 heterocycles. The lowest BCUT2D eigenvalue weighted by molar-refractivity contribution is 0.0932. The molecule has 0 saturated carbocycles. The van der Waals surface area contributed by atoms with Gasteiger partial charge < -0.3 is 44.7 Å². The third kappa shape index (κ3) is 17.3. The number of carbonyl (C=O) groups excluding carboxylic acids is 2. The van der Waals surface area contributed by atoms with E-state index in [2.05, 4.69) is 47.7 Å². The Morgan fingerprint density at radius 3 is 1.55 bits per heavy atom. The van der Waals surface area contributed by atoms with E-state index in [0.29, 0.717) is 155 Å². The lowest BCUT2D eigenvalue weighted by atomic mass is 10.0. The fourth-order valence-electron chi connectivity index (χ4n) is 12.0. The molecule has 87 heavy (non-hydrogen) atoms. The average Bonchev–Trinajstić information content (AvgIpc) is 2.96. The summed E-state index contributed by atoms with van der Waals surface area (Å²) in [5, 5.41) is 30.0. The van der Waals surface area contributed by atoms with Crippen LogP contribution in [-0.2, 0) is 44.8 Å². The Kier molecular flexibility index (Phi) is 24.3. The molecule has 0 spiro atoms. The molecule has 4 aromatic carbocycles. The van der Waals surface area contributed by atoms with Crippen molar-refractivity contribution < 1.29 is 46.1 Å². The second-order valence-electron chi connectivity index (χ2n) is 22.9. The van der Waals surface area contributed by atoms with Gasteiger partial charge in [-0.15, -0.1) is 0 Å². The standard InChI is InChI=1S/C60H81Cl2N13O10S2/c1-39-27-45(9-11-55(39)84-57-51-31-43(61)29-41(35-63)49(51)33-53(57)69(3)4)74(86(78)79)47-13-18-71(37-47)20-24-82-23-17-67-59(76)66-15-7-8-16-68-60(77)73(65)22-26-83-25-21-72-19-14-48(38-72)75(87(80)81)46-10-12-56(40(2)28-46)85-58-52-32-44(62)30-42(36-64)50(52)34-54(58)70(5)6/h9-12,27-32,47-48,53-54,57-58H,7-8,13-26,33-34,37-38,65H2,1-6H3,(H,68,77)(H,78,79)(H,80,81)(H2,66,67,76)/t47-,48-,53-,54-,57-,58-/m0/s1. The number of nitrogens with two attached hydrogens (primary N) is 1. The van der Waals surface area contributed by atoms with Gasteiger partial charge in [-0.3, -0.25) is 32.5 Å². The van der Waals surface area contributed by atoms with Gasteiger partial charge in [0.1, 0.15) is 23.7 Å². The maximum atomic E-state index is 12.8. The number of nitrogens with one attached hydrogen (secondary N) is 3. The number of unbranched alkanes of at least 4 members (excludes halogenated alkanes) is 1. The van der Waals surface area contributed by atoms with E-state index < -0.39 is 28.6 Å². The summed E-state index contributed by atoms with van der Waals surface area (Å²) < 4.78 is 74.5. The van der Waals surface area contributed by atoms with Crippen molar-refractivity contribution in [2.24, 2.45) is 5.84 Å². The number of carbonyl (C=O) groups is 2. The highest BCUT2D eigenvalue weighted by atomic mass is 35.5. The minimum Gasteiger partial charge on any atom is -0.484 e. The number of anilines is 2. The van der Waals surface area contributed by atoms with E-state index in [-0.39, 0.29) is 55.6 Å². The molecule has 4 aliphatic rings. The van der Waals surface area contributed by atoms with Crippen LogP contribution < -0.4 is 39.9 Å². The molecule has 7 N–H and O–H groups in total. The first-order chi connectivity index (χ1) is 41.7. The Bertz CT molecular complexity index is 3190. The molecular weight excluding hydrogens is 1200 g/mol. The van der Waals surface area contributed by atoms with Crippen molar-refractivity contribution in [1.82, 2.24) is 40.6 Å². The van der Waals surface area contributed by atoms with Crippen molar-refractivity contribution in [1.29, 1.82) is 10.5 Å². The van der Waals surface area contributed by atoms with E-state index in [1.54, 1.807) is 24.3 Å². The third-order valence-corrected chi connectivity index (χ3v) is 18.7. The second kappa shape index (κ2) is 31.5. The molecule has 23 nitrogen and oxygen atoms in total. The van der Waals surface area contributed by atoms with Crippen molar-refractivity contribution in [3.63, 3.8) is 0 Å². The number of aryl methyl sites for hydroxylation is 2. The largest absolute Gasteiger partial charge is 0.484 e. The zero-order valence-electron chi connectivity index (χ0n) is 50.2. The maximum absolute atomic E-state index is 12.8. The summed E-state index contributed by atoms with van der Waals surface area (Å²) in [6.07, 6.45) is 3.17. The van der Waals surface area contributed by atoms with E-state index in [4.69, 9.17) is 48.0 Å². The normalized spacial score (nSPS) is 20.6. The molecule has 2 aliphatic carbocycles. The monoisotopic (exact) mass is 1280 g/mol. The lowest BCUT2D eigenvalue weighted by Crippen LogP contribution is -2.46. The fourth-order valence-corrected chi connectivity index (χ4v) is 13.9. The summed E-state index contributed by atoms with van der Waals surface area (Å²) in [4.78, 5) is 33.5. The van der Waals surface area contributed by atoms with Gasteiger partial charge in [0.05, 0.1) is 91.8 Å². The molecule has 0 aromatic heterocycles. The first-order valence-electron chi connectivity index (χ1n) is 29.3. The van der Waals surface area contributed by atoms with Crippen LogP contribution in [0.3, 0.4) is 0 Å². The van der Waals surface area contributed by atoms with Gasteiger partial charge >= 0.3 is 12.1 Å². The van der Waals surface area contributed by atoms with E-state index in [1.807, 2.05) is 78.4 Å². The van der Waals surface area contributed by atoms with Crippen LogP contribution >= 0.6 is 23.2 Å². The van der Waals surface area contributed by atoms with Crippen molar-refractivity contribution in [3.05, 3.63) is 115 Å². The van der Waals surface area contributed by atoms with Crippen LogP contribution in [0.4, 0.5) is 21.0 Å². The third-order valence-electron chi connectivity index (χ3n) is 16.6. The summed E-state index contributed by atoms with van der Waals surface area (Å²) in [5.41, 5.74) is 7.55. The molecule has 0 radical (unpaired) electrons. The molecule has 8 atom stereocenters. The van der Waals surface area contributed by atoms with Gasteiger partial charge in [-0.25, -0.2) is 23.8 Å². The molecule has 2 saturated heterocycles. The molecule has 2 aliphatic heterocycles. The van der Waals surface area contributed by atoms with Crippen molar-refractivity contribution >= 4 is 69.2 Å². The molecular formula is C60H81Cl2N13O10S2. The molecule has 0 bridgehead atoms. The van der Waals surface area contributed by atoms with Crippen LogP contribution in [0.5, 0.6) is 11.5 Å². The van der Waals surface area contributed by atoms with E-state index in [9.17, 15) is 37.6 Å². The second-order valence-corrected chi connectivity index (χ2v) is 25.4. The number of nitrogens with zero attached hydrogens (tertiary/aromatic N) is 9. The van der Waals surface area contributed by atoms with Gasteiger partial charge in [-0.05, 0) is 175 Å². The summed E-state index contributed by atoms with van der Waals surface area (Å²) in [6.45, 7) is 10.2. The lowest BCUT2D eigenvalue weighted by Gasteiger charge is -2.29. The quantitative estimate of drug-likeness (QED) is 0.0114. The van der Waals surface area contributed by atoms with Crippen LogP contribution in [-0.4, -0.2) is 198 Å². The Labute approximate surface area is 525 Å². The van der Waals surface area contributed by atoms with Gasteiger partial charge in [-0.1, -0.05) is 23.2 Å². The number of urea groups is 2. The number of likely N-dealkylation sites (N-methyl/N-ethyl adjacent to an activating group) is 2. The molecule has 8 rings (SSSR count). The molecule has 27 heteroatoms. The molecule has 4 aromatic rings. The van der Waals surface area contributed by atoms with Crippen molar-refractivity contribution in [3.8, 4) is 23.6 Å². The number of rotatable bonds is 29. The molecule has 472 valence electrons. The van der Waals surface area contributed by atoms with E-state index >= 15 is 0 Å². The predicted octanol–water partition coefficient (Wildman–Crippen LogP) is 6.30. The minimum atomic E-state index is -2.28. The number of hydrazine groups is 1. The molecule has 2 unspecified atom stereocenters. The number of hydrogen-bond acceptors (Lipinski definition) is 15. The van der Waals surface area contributed by atoms with Crippen LogP contribution in [0, 0.1) is 36.5 Å². The number of halogens is 2. The minimum absolute atomic E-state index is 0.0184. The SMILES string of the molecule is Cc1cc(N([C@H]2CCN(CCOCCNC(=O)NCCCCNC(=O)N(N)CCOCCN3CC[C@H](N(c4ccc(O[C@H]5c6cc(Cl)cc(C#N)c6C[C@@H]5N(C)C)c(C)c4)S(=O)O)C3)C2)S(=O)O)ccc1O[C@H]1c2cc(Cl)cc(C#N)c2C[C@@H]1N(C)C. The smallest absolute Gasteiger partial charge is 0.331 e. The number of ether oxygens (including phenoxy) is 4. The van der Waals surface area contributed by atoms with Gasteiger partial charge in [-0.2, -0.15) is 10.5 Å². The number of nitriles is 2. The van der Waals surface area contributed by atoms with Crippen LogP contribution in [0.25, 0.3) is 0 Å². The summed E-state index contributed by atoms with van der Waals surface area (Å²) in [5.74, 6) is 7.27. The maximum Gasteiger partial charge on any atom is 0.331 e. The van der Waals surface area contributed by atoms with Crippen molar-refractivity contribution in [2.75, 3.05) is 129 Å². The number of hydrogen-bond donors (Lipinski definition) is 6. The Hall–Kier alpha value is -5.88. The number of benzene rings is 4. The first-order valence-corrected chi connectivity index (χ1v) is 32.2. The zero-order valence-corrected chi connectivity index (χ0v) is 53.4. The van der Waals surface area contributed by atoms with Gasteiger partial charge in [0.2, 0.25) is 0 Å². The van der Waals surface area contributed by atoms with Crippen LogP contribution in [0.2, 0.25) is 10.0 Å². The number of fused-ring (bicyclic) bond motifs is 2. The Morgan fingerprint density at radius 2 is 1.11 bits per heavy atom. The number of likely N-dealkylation sites (tertiary alicyclic amines) is 2. The van der Waals surface area contributed by atoms with Gasteiger partial charge in [0.25, 0.3) is 22.5 Å².